The summed E-state index contributed by atoms with van der Waals surface area (Å²) in [7, 11) is -0.508. The van der Waals surface area contributed by atoms with Gasteiger partial charge in [0, 0.05) is 20.6 Å². The molecule has 0 amide bonds. The Morgan fingerprint density at radius 3 is 1.12 bits per heavy atom. The largest absolute Gasteiger partial charge is 1.00 e. The summed E-state index contributed by atoms with van der Waals surface area (Å²) in [5.74, 6) is 0. The maximum atomic E-state index is 2.52. The number of hydrogen-bond acceptors (Lipinski definition) is 1. The average Bonchev–Trinajstić information content (AvgIpc) is 2.47. The lowest BCUT2D eigenvalue weighted by molar-refractivity contribution is -0.00000552. The third kappa shape index (κ3) is 25.6. The van der Waals surface area contributed by atoms with Crippen LogP contribution in [0.25, 0.3) is 0 Å². The van der Waals surface area contributed by atoms with Crippen molar-refractivity contribution in [1.82, 2.24) is 6.15 Å². The molecule has 3 N–H and O–H groups in total. The first-order valence-electron chi connectivity index (χ1n) is 9.94. The second-order valence-corrected chi connectivity index (χ2v) is 12.5. The van der Waals surface area contributed by atoms with Crippen molar-refractivity contribution >= 4 is 24.2 Å². The highest BCUT2D eigenvalue weighted by Gasteiger charge is 2.20. The van der Waals surface area contributed by atoms with Crippen LogP contribution in [0.4, 0.5) is 0 Å². The molecule has 0 aromatic carbocycles. The first-order valence-corrected chi connectivity index (χ1v) is 13.0. The fourth-order valence-electron chi connectivity index (χ4n) is 2.89. The van der Waals surface area contributed by atoms with Crippen LogP contribution >= 0.6 is 24.2 Å². The summed E-state index contributed by atoms with van der Waals surface area (Å²) in [6, 6.07) is 0. The summed E-state index contributed by atoms with van der Waals surface area (Å²) in [5.41, 5.74) is 0. The van der Waals surface area contributed by atoms with E-state index in [0.29, 0.717) is 0 Å². The lowest BCUT2D eigenvalue weighted by Gasteiger charge is -2.15. The van der Waals surface area contributed by atoms with Gasteiger partial charge in [-0.1, -0.05) is 84.0 Å². The Morgan fingerprint density at radius 2 is 0.833 bits per heavy atom. The molecule has 0 aliphatic carbocycles. The predicted molar refractivity (Wildman–Crippen MR) is 120 cm³/mol. The normalized spacial score (nSPS) is 10.5. The van der Waals surface area contributed by atoms with E-state index >= 15 is 0 Å². The van der Waals surface area contributed by atoms with E-state index in [2.05, 4.69) is 27.2 Å². The molecule has 0 aliphatic rings. The van der Waals surface area contributed by atoms with Crippen LogP contribution in [0.2, 0.25) is 0 Å². The predicted octanol–water partition coefficient (Wildman–Crippen LogP) is 5.51. The minimum atomic E-state index is -0.508. The Hall–Kier alpha value is 1.35. The molecule has 0 spiro atoms. The van der Waals surface area contributed by atoms with Crippen LogP contribution in [0, 0.1) is 0 Å². The fraction of sp³-hybridized carbons (Fsp3) is 1.00. The molecule has 0 rings (SSSR count). The van der Waals surface area contributed by atoms with Crippen molar-refractivity contribution in [1.29, 1.82) is 0 Å². The lowest BCUT2D eigenvalue weighted by Crippen LogP contribution is -3.00. The van der Waals surface area contributed by atoms with Gasteiger partial charge in [0.15, 0.2) is 0 Å². The molecule has 4 heteroatoms. The number of rotatable bonds is 16. The fourth-order valence-corrected chi connectivity index (χ4v) is 4.29. The second kappa shape index (κ2) is 24.4. The topological polar surface area (TPSA) is 35.0 Å². The van der Waals surface area contributed by atoms with E-state index < -0.39 is 7.26 Å². The van der Waals surface area contributed by atoms with Crippen LogP contribution in [0.5, 0.6) is 0 Å². The van der Waals surface area contributed by atoms with Crippen molar-refractivity contribution in [2.45, 2.75) is 104 Å². The molecule has 0 unspecified atom stereocenters. The highest BCUT2D eigenvalue weighted by Crippen LogP contribution is 2.51. The Balaban J connectivity index is -0.000000667. The van der Waals surface area contributed by atoms with Crippen molar-refractivity contribution in [3.8, 4) is 0 Å². The number of unbranched alkanes of at least 4 members (excludes halogenated alkanes) is 13. The third-order valence-electron chi connectivity index (χ3n) is 4.97. The molecule has 0 aromatic heterocycles. The quantitative estimate of drug-likeness (QED) is 0.224. The molecule has 0 aliphatic heterocycles. The molecule has 1 nitrogen and oxygen atoms in total. The number of halogens is 2. The molecule has 0 atom stereocenters. The molecule has 0 aromatic rings. The molecule has 24 heavy (non-hydrogen) atoms. The van der Waals surface area contributed by atoms with E-state index in [4.69, 9.17) is 0 Å². The van der Waals surface area contributed by atoms with Gasteiger partial charge >= 0.3 is 0 Å². The average molecular weight is 493 g/mol. The van der Waals surface area contributed by atoms with Crippen molar-refractivity contribution < 1.29 is 17.0 Å². The van der Waals surface area contributed by atoms with Crippen LogP contribution in [0.1, 0.15) is 104 Å². The van der Waals surface area contributed by atoms with E-state index in [0.717, 1.165) is 0 Å². The maximum Gasteiger partial charge on any atom is 0.0588 e. The van der Waals surface area contributed by atoms with Crippen LogP contribution in [-0.2, 0) is 0 Å². The van der Waals surface area contributed by atoms with Gasteiger partial charge in [-0.25, -0.2) is 0 Å². The first kappa shape index (κ1) is 33.0. The van der Waals surface area contributed by atoms with E-state index in [1.54, 1.807) is 0 Å². The van der Waals surface area contributed by atoms with Crippen molar-refractivity contribution in [2.24, 2.45) is 0 Å². The van der Waals surface area contributed by atoms with E-state index in [1.807, 2.05) is 0 Å². The van der Waals surface area contributed by atoms with E-state index in [9.17, 15) is 0 Å². The molecule has 0 saturated heterocycles. The zero-order chi connectivity index (χ0) is 15.8. The molecule has 0 heterocycles. The molecular formula is C20H48Br2NP. The molecule has 0 saturated carbocycles. The Bertz CT molecular complexity index is 214. The molecule has 0 bridgehead atoms. The van der Waals surface area contributed by atoms with Gasteiger partial charge in [-0.3, -0.25) is 0 Å². The minimum Gasteiger partial charge on any atom is -1.00 e. The van der Waals surface area contributed by atoms with Crippen LogP contribution < -0.4 is 23.1 Å². The summed E-state index contributed by atoms with van der Waals surface area (Å²) in [6.45, 7) is 9.72. The van der Waals surface area contributed by atoms with E-state index in [1.165, 1.54) is 102 Å². The standard InChI is InChI=1S/C20H44P.2BrH.H3N/c1-5-7-8-9-10-11-12-13-14-15-16-17-18-19-20-21(3,4)6-2;;;/h5-20H2,1-4H3;2*1H;1H3/q+1;;;/p-1. The highest BCUT2D eigenvalue weighted by molar-refractivity contribution is 8.93. The van der Waals surface area contributed by atoms with Gasteiger partial charge in [0.2, 0.25) is 0 Å². The van der Waals surface area contributed by atoms with Gasteiger partial charge in [-0.2, -0.15) is 0 Å². The zero-order valence-corrected chi connectivity index (χ0v) is 21.4. The summed E-state index contributed by atoms with van der Waals surface area (Å²) in [6.07, 6.45) is 23.6. The van der Waals surface area contributed by atoms with Crippen LogP contribution in [0.15, 0.2) is 0 Å². The van der Waals surface area contributed by atoms with Crippen molar-refractivity contribution in [2.75, 3.05) is 25.7 Å². The summed E-state index contributed by atoms with van der Waals surface area (Å²) in [4.78, 5) is 0. The maximum absolute atomic E-state index is 2.52. The second-order valence-electron chi connectivity index (χ2n) is 7.57. The zero-order valence-electron chi connectivity index (χ0n) is 17.3. The van der Waals surface area contributed by atoms with Crippen molar-refractivity contribution in [3.63, 3.8) is 0 Å². The van der Waals surface area contributed by atoms with Gasteiger partial charge in [-0.05, 0) is 19.8 Å². The van der Waals surface area contributed by atoms with Gasteiger partial charge in [-0.15, -0.1) is 17.0 Å². The lowest BCUT2D eigenvalue weighted by atomic mass is 10.0. The third-order valence-corrected chi connectivity index (χ3v) is 8.21. The monoisotopic (exact) mass is 491 g/mol. The smallest absolute Gasteiger partial charge is 0.0588 e. The first-order chi connectivity index (χ1) is 10.1. The van der Waals surface area contributed by atoms with Gasteiger partial charge < -0.3 is 23.1 Å². The molecular weight excluding hydrogens is 445 g/mol. The van der Waals surface area contributed by atoms with Gasteiger partial charge in [0.1, 0.15) is 0 Å². The minimum absolute atomic E-state index is 0. The van der Waals surface area contributed by atoms with E-state index in [-0.39, 0.29) is 40.1 Å². The number of hydrogen-bond donors (Lipinski definition) is 1. The van der Waals surface area contributed by atoms with Crippen LogP contribution in [0.3, 0.4) is 0 Å². The van der Waals surface area contributed by atoms with Crippen LogP contribution in [-0.4, -0.2) is 25.7 Å². The molecule has 0 radical (unpaired) electrons. The highest BCUT2D eigenvalue weighted by atomic mass is 79.9. The van der Waals surface area contributed by atoms with Gasteiger partial charge in [0.05, 0.1) is 12.3 Å². The molecule has 0 fully saturated rings. The summed E-state index contributed by atoms with van der Waals surface area (Å²) < 4.78 is 0. The van der Waals surface area contributed by atoms with Crippen molar-refractivity contribution in [3.05, 3.63) is 0 Å². The summed E-state index contributed by atoms with van der Waals surface area (Å²) >= 11 is 0. The Morgan fingerprint density at radius 1 is 0.542 bits per heavy atom. The SMILES string of the molecule is Br.CCCCCCCCCCCCCCCC[P+](C)(C)CC.N.[Br-]. The Kier molecular flexibility index (Phi) is 33.5. The summed E-state index contributed by atoms with van der Waals surface area (Å²) in [5, 5.41) is 0. The molecule has 152 valence electrons. The van der Waals surface area contributed by atoms with Gasteiger partial charge in [0.25, 0.3) is 0 Å². The Labute approximate surface area is 176 Å².